The van der Waals surface area contributed by atoms with Gasteiger partial charge in [0.05, 0.1) is 24.0 Å². The van der Waals surface area contributed by atoms with Crippen molar-refractivity contribution in [2.45, 2.75) is 6.92 Å². The third-order valence-electron chi connectivity index (χ3n) is 3.92. The normalized spacial score (nSPS) is 10.8. The number of methoxy groups -OCH3 is 1. The fourth-order valence-corrected chi connectivity index (χ4v) is 3.22. The number of esters is 1. The first-order valence-corrected chi connectivity index (χ1v) is 8.31. The summed E-state index contributed by atoms with van der Waals surface area (Å²) in [5, 5.41) is 0.638. The third-order valence-corrected chi connectivity index (χ3v) is 4.59. The number of benzene rings is 2. The maximum Gasteiger partial charge on any atom is 0.345 e. The fraction of sp³-hybridized carbons (Fsp3) is 0.111. The van der Waals surface area contributed by atoms with Gasteiger partial charge in [0.1, 0.15) is 5.56 Å². The summed E-state index contributed by atoms with van der Waals surface area (Å²) in [5.41, 5.74) is 7.91. The molecule has 0 radical (unpaired) electrons. The zero-order valence-corrected chi connectivity index (χ0v) is 15.3. The van der Waals surface area contributed by atoms with Crippen molar-refractivity contribution in [1.29, 1.82) is 0 Å². The molecule has 0 aliphatic carbocycles. The van der Waals surface area contributed by atoms with Gasteiger partial charge in [0.2, 0.25) is 0 Å². The maximum atomic E-state index is 13.0. The largest absolute Gasteiger partial charge is 0.465 e. The molecule has 3 aromatic rings. The van der Waals surface area contributed by atoms with Crippen LogP contribution in [-0.2, 0) is 4.74 Å². The molecule has 2 N–H and O–H groups in total. The number of nitrogens with zero attached hydrogens (tertiary/aromatic N) is 1. The molecule has 2 aromatic carbocycles. The summed E-state index contributed by atoms with van der Waals surface area (Å²) in [7, 11) is 1.23. The van der Waals surface area contributed by atoms with Crippen LogP contribution in [0.2, 0.25) is 0 Å². The van der Waals surface area contributed by atoms with E-state index in [0.29, 0.717) is 16.6 Å². The van der Waals surface area contributed by atoms with Crippen LogP contribution in [0.4, 0.5) is 5.69 Å². The number of rotatable bonds is 2. The Morgan fingerprint density at radius 1 is 1.21 bits per heavy atom. The Bertz CT molecular complexity index is 1020. The van der Waals surface area contributed by atoms with Gasteiger partial charge in [-0.15, -0.1) is 0 Å². The molecule has 0 atom stereocenters. The van der Waals surface area contributed by atoms with E-state index in [1.807, 2.05) is 49.4 Å². The van der Waals surface area contributed by atoms with E-state index >= 15 is 0 Å². The van der Waals surface area contributed by atoms with Gasteiger partial charge in [-0.2, -0.15) is 0 Å². The summed E-state index contributed by atoms with van der Waals surface area (Å²) in [5.74, 6) is -0.736. The molecule has 0 spiro atoms. The number of nitrogens with two attached hydrogens (primary N) is 1. The minimum absolute atomic E-state index is 0.142. The smallest absolute Gasteiger partial charge is 0.345 e. The number of hydrogen-bond donors (Lipinski definition) is 1. The number of halogens is 1. The lowest BCUT2D eigenvalue weighted by molar-refractivity contribution is 0.0600. The molecule has 0 aliphatic rings. The van der Waals surface area contributed by atoms with E-state index in [0.717, 1.165) is 9.13 Å². The van der Waals surface area contributed by atoms with Gasteiger partial charge >= 0.3 is 5.97 Å². The summed E-state index contributed by atoms with van der Waals surface area (Å²) in [6.07, 6.45) is 0. The summed E-state index contributed by atoms with van der Waals surface area (Å²) < 4.78 is 7.25. The predicted molar refractivity (Wildman–Crippen MR) is 103 cm³/mol. The minimum atomic E-state index is -0.736. The molecule has 0 fully saturated rings. The van der Waals surface area contributed by atoms with Gasteiger partial charge in [-0.1, -0.05) is 18.2 Å². The molecule has 24 heavy (non-hydrogen) atoms. The first-order chi connectivity index (χ1) is 11.5. The molecule has 0 saturated heterocycles. The van der Waals surface area contributed by atoms with Crippen LogP contribution in [0.5, 0.6) is 0 Å². The summed E-state index contributed by atoms with van der Waals surface area (Å²) in [6.45, 7) is 1.91. The molecule has 1 aromatic heterocycles. The number of hydrogen-bond acceptors (Lipinski definition) is 4. The van der Waals surface area contributed by atoms with E-state index in [-0.39, 0.29) is 11.3 Å². The van der Waals surface area contributed by atoms with Gasteiger partial charge in [0.15, 0.2) is 0 Å². The van der Waals surface area contributed by atoms with Crippen LogP contribution in [0.1, 0.15) is 15.9 Å². The summed E-state index contributed by atoms with van der Waals surface area (Å²) in [4.78, 5) is 25.2. The zero-order chi connectivity index (χ0) is 17.4. The molecular formula is C18H15IN2O3. The van der Waals surface area contributed by atoms with Crippen LogP contribution in [-0.4, -0.2) is 17.6 Å². The second-order valence-electron chi connectivity index (χ2n) is 5.37. The van der Waals surface area contributed by atoms with Crippen LogP contribution >= 0.6 is 22.6 Å². The highest BCUT2D eigenvalue weighted by Gasteiger charge is 2.22. The van der Waals surface area contributed by atoms with Gasteiger partial charge in [-0.3, -0.25) is 9.36 Å². The minimum Gasteiger partial charge on any atom is -0.465 e. The molecule has 0 unspecified atom stereocenters. The molecule has 3 rings (SSSR count). The Labute approximate surface area is 152 Å². The molecular weight excluding hydrogens is 419 g/mol. The van der Waals surface area contributed by atoms with Gasteiger partial charge in [-0.05, 0) is 59.3 Å². The van der Waals surface area contributed by atoms with Crippen LogP contribution in [0.3, 0.4) is 0 Å². The van der Waals surface area contributed by atoms with E-state index in [4.69, 9.17) is 10.5 Å². The Balaban J connectivity index is 2.56. The number of pyridine rings is 1. The second-order valence-corrected chi connectivity index (χ2v) is 6.61. The SMILES string of the molecule is COC(=O)c1c(N)c2ccc(I)cc2n(-c2ccccc2C)c1=O. The first kappa shape index (κ1) is 16.5. The van der Waals surface area contributed by atoms with E-state index in [9.17, 15) is 9.59 Å². The monoisotopic (exact) mass is 434 g/mol. The first-order valence-electron chi connectivity index (χ1n) is 7.23. The van der Waals surface area contributed by atoms with Crippen molar-refractivity contribution < 1.29 is 9.53 Å². The van der Waals surface area contributed by atoms with Crippen LogP contribution in [0, 0.1) is 10.5 Å². The molecule has 0 aliphatic heterocycles. The highest BCUT2D eigenvalue weighted by molar-refractivity contribution is 14.1. The highest BCUT2D eigenvalue weighted by atomic mass is 127. The van der Waals surface area contributed by atoms with E-state index < -0.39 is 11.5 Å². The number of carbonyl (C=O) groups is 1. The molecule has 122 valence electrons. The summed E-state index contributed by atoms with van der Waals surface area (Å²) >= 11 is 2.18. The van der Waals surface area contributed by atoms with E-state index in [2.05, 4.69) is 22.6 Å². The van der Waals surface area contributed by atoms with Crippen LogP contribution < -0.4 is 11.3 Å². The number of nitrogen functional groups attached to an aromatic ring is 1. The molecule has 0 saturated carbocycles. The van der Waals surface area contributed by atoms with Gasteiger partial charge in [0.25, 0.3) is 5.56 Å². The highest BCUT2D eigenvalue weighted by Crippen LogP contribution is 2.27. The van der Waals surface area contributed by atoms with Gasteiger partial charge in [0, 0.05) is 8.96 Å². The van der Waals surface area contributed by atoms with Crippen molar-refractivity contribution in [3.8, 4) is 5.69 Å². The number of ether oxygens (including phenoxy) is 1. The number of aromatic nitrogens is 1. The van der Waals surface area contributed by atoms with Crippen molar-refractivity contribution in [2.75, 3.05) is 12.8 Å². The maximum absolute atomic E-state index is 13.0. The standard InChI is InChI=1S/C18H15IN2O3/c1-10-5-3-4-6-13(10)21-14-9-11(19)7-8-12(14)16(20)15(17(21)22)18(23)24-2/h3-9H,20H2,1-2H3. The van der Waals surface area contributed by atoms with Crippen molar-refractivity contribution in [2.24, 2.45) is 0 Å². The topological polar surface area (TPSA) is 74.3 Å². The molecule has 0 bridgehead atoms. The quantitative estimate of drug-likeness (QED) is 0.497. The number of anilines is 1. The number of carbonyl (C=O) groups excluding carboxylic acids is 1. The lowest BCUT2D eigenvalue weighted by Gasteiger charge is -2.16. The number of para-hydroxylation sites is 1. The molecule has 0 amide bonds. The Morgan fingerprint density at radius 2 is 1.92 bits per heavy atom. The van der Waals surface area contributed by atoms with Crippen molar-refractivity contribution in [3.05, 3.63) is 67.5 Å². The van der Waals surface area contributed by atoms with Crippen molar-refractivity contribution in [1.82, 2.24) is 4.57 Å². The third kappa shape index (κ3) is 2.56. The lowest BCUT2D eigenvalue weighted by Crippen LogP contribution is -2.28. The molecule has 6 heteroatoms. The average Bonchev–Trinajstić information content (AvgIpc) is 2.56. The van der Waals surface area contributed by atoms with Gasteiger partial charge < -0.3 is 10.5 Å². The summed E-state index contributed by atoms with van der Waals surface area (Å²) in [6, 6.07) is 13.1. The Morgan fingerprint density at radius 3 is 2.58 bits per heavy atom. The van der Waals surface area contributed by atoms with Gasteiger partial charge in [-0.25, -0.2) is 4.79 Å². The molecule has 1 heterocycles. The lowest BCUT2D eigenvalue weighted by atomic mass is 10.1. The number of aryl methyl sites for hydroxylation is 1. The number of fused-ring (bicyclic) bond motifs is 1. The van der Waals surface area contributed by atoms with E-state index in [1.54, 1.807) is 0 Å². The molecule has 5 nitrogen and oxygen atoms in total. The van der Waals surface area contributed by atoms with Crippen molar-refractivity contribution in [3.63, 3.8) is 0 Å². The zero-order valence-electron chi connectivity index (χ0n) is 13.2. The fourth-order valence-electron chi connectivity index (χ4n) is 2.74. The predicted octanol–water partition coefficient (Wildman–Crippen LogP) is 3.27. The van der Waals surface area contributed by atoms with Crippen LogP contribution in [0.25, 0.3) is 16.6 Å². The van der Waals surface area contributed by atoms with E-state index in [1.165, 1.54) is 11.7 Å². The second kappa shape index (κ2) is 6.27. The van der Waals surface area contributed by atoms with Crippen LogP contribution in [0.15, 0.2) is 47.3 Å². The van der Waals surface area contributed by atoms with Crippen molar-refractivity contribution >= 4 is 45.2 Å². The average molecular weight is 434 g/mol. The Kier molecular flexibility index (Phi) is 4.31. The Hall–Kier alpha value is -2.35.